The van der Waals surface area contributed by atoms with Crippen molar-refractivity contribution in [3.05, 3.63) is 42.4 Å². The van der Waals surface area contributed by atoms with Crippen molar-refractivity contribution in [1.29, 1.82) is 0 Å². The van der Waals surface area contributed by atoms with Gasteiger partial charge < -0.3 is 19.9 Å². The Balaban J connectivity index is 1.94. The average molecular weight is 452 g/mol. The van der Waals surface area contributed by atoms with Crippen LogP contribution in [-0.4, -0.2) is 44.5 Å². The van der Waals surface area contributed by atoms with Gasteiger partial charge in [0.1, 0.15) is 17.2 Å². The number of imidazole rings is 1. The summed E-state index contributed by atoms with van der Waals surface area (Å²) in [4.78, 5) is 38.1. The maximum Gasteiger partial charge on any atom is 0.410 e. The standard InChI is InChI=1S/C25H33N5O3/c1-15(2)12-21(30(7)24(32)33-25(4,5)6)23-28-19-9-8-17(13-20(19)29-23)18-10-11-26-22(14-18)27-16(3)31/h8-11,13-15,21H,12H2,1-7H3,(H,28,29)(H,26,27,31). The first kappa shape index (κ1) is 24.2. The highest BCUT2D eigenvalue weighted by atomic mass is 16.6. The van der Waals surface area contributed by atoms with E-state index in [1.807, 2.05) is 51.1 Å². The molecule has 1 atom stereocenters. The number of ether oxygens (including phenoxy) is 1. The van der Waals surface area contributed by atoms with Crippen LogP contribution in [0, 0.1) is 5.92 Å². The Morgan fingerprint density at radius 3 is 2.48 bits per heavy atom. The predicted molar refractivity (Wildman–Crippen MR) is 130 cm³/mol. The smallest absolute Gasteiger partial charge is 0.410 e. The van der Waals surface area contributed by atoms with E-state index in [0.717, 1.165) is 34.4 Å². The van der Waals surface area contributed by atoms with E-state index in [0.29, 0.717) is 11.7 Å². The first-order chi connectivity index (χ1) is 15.4. The summed E-state index contributed by atoms with van der Waals surface area (Å²) in [5.74, 6) is 1.41. The summed E-state index contributed by atoms with van der Waals surface area (Å²) in [6.07, 6.45) is 2.03. The number of anilines is 1. The van der Waals surface area contributed by atoms with E-state index in [4.69, 9.17) is 9.72 Å². The fourth-order valence-electron chi connectivity index (χ4n) is 3.59. The van der Waals surface area contributed by atoms with E-state index in [2.05, 4.69) is 29.1 Å². The van der Waals surface area contributed by atoms with Crippen LogP contribution in [0.3, 0.4) is 0 Å². The van der Waals surface area contributed by atoms with E-state index in [1.54, 1.807) is 18.1 Å². The molecule has 2 aromatic heterocycles. The van der Waals surface area contributed by atoms with E-state index in [9.17, 15) is 9.59 Å². The lowest BCUT2D eigenvalue weighted by molar-refractivity contribution is -0.114. The van der Waals surface area contributed by atoms with Gasteiger partial charge in [0.2, 0.25) is 5.91 Å². The number of aromatic nitrogens is 3. The zero-order valence-electron chi connectivity index (χ0n) is 20.4. The number of aromatic amines is 1. The van der Waals surface area contributed by atoms with Crippen LogP contribution in [-0.2, 0) is 9.53 Å². The summed E-state index contributed by atoms with van der Waals surface area (Å²) in [7, 11) is 1.75. The highest BCUT2D eigenvalue weighted by Gasteiger charge is 2.29. The average Bonchev–Trinajstić information content (AvgIpc) is 3.12. The number of rotatable bonds is 6. The molecular weight excluding hydrogens is 418 g/mol. The molecule has 0 saturated heterocycles. The Morgan fingerprint density at radius 1 is 1.15 bits per heavy atom. The van der Waals surface area contributed by atoms with E-state index < -0.39 is 5.60 Å². The predicted octanol–water partition coefficient (Wildman–Crippen LogP) is 5.54. The molecule has 176 valence electrons. The molecule has 0 aliphatic rings. The van der Waals surface area contributed by atoms with Gasteiger partial charge in [0.05, 0.1) is 17.1 Å². The van der Waals surface area contributed by atoms with E-state index >= 15 is 0 Å². The van der Waals surface area contributed by atoms with Gasteiger partial charge in [-0.2, -0.15) is 0 Å². The van der Waals surface area contributed by atoms with Gasteiger partial charge in [-0.15, -0.1) is 0 Å². The highest BCUT2D eigenvalue weighted by Crippen LogP contribution is 2.30. The molecule has 0 aliphatic carbocycles. The molecule has 2 amide bonds. The van der Waals surface area contributed by atoms with Crippen LogP contribution in [0.2, 0.25) is 0 Å². The van der Waals surface area contributed by atoms with Gasteiger partial charge in [0.15, 0.2) is 0 Å². The van der Waals surface area contributed by atoms with Gasteiger partial charge in [-0.3, -0.25) is 4.79 Å². The molecule has 2 heterocycles. The van der Waals surface area contributed by atoms with Crippen molar-refractivity contribution >= 4 is 28.9 Å². The maximum absolute atomic E-state index is 12.7. The number of hydrogen-bond donors (Lipinski definition) is 2. The summed E-state index contributed by atoms with van der Waals surface area (Å²) >= 11 is 0. The van der Waals surface area contributed by atoms with Crippen LogP contribution in [0.5, 0.6) is 0 Å². The minimum Gasteiger partial charge on any atom is -0.444 e. The molecule has 0 saturated carbocycles. The second kappa shape index (κ2) is 9.60. The molecule has 3 rings (SSSR count). The molecule has 0 aliphatic heterocycles. The summed E-state index contributed by atoms with van der Waals surface area (Å²) in [6.45, 7) is 11.3. The number of nitrogens with one attached hydrogen (secondary N) is 2. The van der Waals surface area contributed by atoms with Crippen molar-refractivity contribution in [3.63, 3.8) is 0 Å². The molecule has 0 bridgehead atoms. The SMILES string of the molecule is CC(=O)Nc1cc(-c2ccc3nc(C(CC(C)C)N(C)C(=O)OC(C)(C)C)[nH]c3c2)ccn1. The maximum atomic E-state index is 12.7. The van der Waals surface area contributed by atoms with Gasteiger partial charge in [0, 0.05) is 20.2 Å². The second-order valence-corrected chi connectivity index (χ2v) is 9.70. The van der Waals surface area contributed by atoms with Gasteiger partial charge in [-0.25, -0.2) is 14.8 Å². The Kier molecular flexibility index (Phi) is 7.05. The number of carbonyl (C=O) groups excluding carboxylic acids is 2. The summed E-state index contributed by atoms with van der Waals surface area (Å²) in [5, 5.41) is 2.71. The molecule has 1 aromatic carbocycles. The molecular formula is C25H33N5O3. The number of H-pyrrole nitrogens is 1. The second-order valence-electron chi connectivity index (χ2n) is 9.70. The number of hydrogen-bond acceptors (Lipinski definition) is 5. The molecule has 2 N–H and O–H groups in total. The summed E-state index contributed by atoms with van der Waals surface area (Å²) in [6, 6.07) is 9.42. The van der Waals surface area contributed by atoms with Crippen LogP contribution in [0.15, 0.2) is 36.5 Å². The van der Waals surface area contributed by atoms with E-state index in [1.165, 1.54) is 6.92 Å². The highest BCUT2D eigenvalue weighted by molar-refractivity contribution is 5.89. The third-order valence-electron chi connectivity index (χ3n) is 5.06. The number of carbonyl (C=O) groups is 2. The fraction of sp³-hybridized carbons (Fsp3) is 0.440. The number of benzene rings is 1. The van der Waals surface area contributed by atoms with E-state index in [-0.39, 0.29) is 18.0 Å². The number of pyridine rings is 1. The molecule has 0 spiro atoms. The van der Waals surface area contributed by atoms with Gasteiger partial charge >= 0.3 is 6.09 Å². The number of amides is 2. The van der Waals surface area contributed by atoms with Crippen molar-refractivity contribution < 1.29 is 14.3 Å². The quantitative estimate of drug-likeness (QED) is 0.513. The van der Waals surface area contributed by atoms with Crippen LogP contribution < -0.4 is 5.32 Å². The van der Waals surface area contributed by atoms with Crippen molar-refractivity contribution in [2.75, 3.05) is 12.4 Å². The van der Waals surface area contributed by atoms with Crippen LogP contribution in [0.4, 0.5) is 10.6 Å². The first-order valence-corrected chi connectivity index (χ1v) is 11.1. The minimum absolute atomic E-state index is 0.168. The van der Waals surface area contributed by atoms with Gasteiger partial charge in [0.25, 0.3) is 0 Å². The molecule has 33 heavy (non-hydrogen) atoms. The van der Waals surface area contributed by atoms with Crippen molar-refractivity contribution in [1.82, 2.24) is 19.9 Å². The number of fused-ring (bicyclic) bond motifs is 1. The number of nitrogens with zero attached hydrogens (tertiary/aromatic N) is 3. The molecule has 0 radical (unpaired) electrons. The van der Waals surface area contributed by atoms with Crippen molar-refractivity contribution in [2.24, 2.45) is 5.92 Å². The zero-order valence-corrected chi connectivity index (χ0v) is 20.4. The Morgan fingerprint density at radius 2 is 1.85 bits per heavy atom. The molecule has 8 nitrogen and oxygen atoms in total. The van der Waals surface area contributed by atoms with Crippen LogP contribution in [0.1, 0.15) is 59.8 Å². The topological polar surface area (TPSA) is 100 Å². The normalized spacial score (nSPS) is 12.6. The lowest BCUT2D eigenvalue weighted by Gasteiger charge is -2.30. The lowest BCUT2D eigenvalue weighted by atomic mass is 10.0. The molecule has 0 fully saturated rings. The van der Waals surface area contributed by atoms with Crippen molar-refractivity contribution in [2.45, 2.75) is 59.6 Å². The monoisotopic (exact) mass is 451 g/mol. The molecule has 3 aromatic rings. The fourth-order valence-corrected chi connectivity index (χ4v) is 3.59. The first-order valence-electron chi connectivity index (χ1n) is 11.1. The zero-order chi connectivity index (χ0) is 24.3. The third-order valence-corrected chi connectivity index (χ3v) is 5.06. The van der Waals surface area contributed by atoms with Gasteiger partial charge in [-0.1, -0.05) is 19.9 Å². The van der Waals surface area contributed by atoms with Crippen LogP contribution >= 0.6 is 0 Å². The van der Waals surface area contributed by atoms with Crippen LogP contribution in [0.25, 0.3) is 22.2 Å². The molecule has 8 heteroatoms. The lowest BCUT2D eigenvalue weighted by Crippen LogP contribution is -2.37. The summed E-state index contributed by atoms with van der Waals surface area (Å²) < 4.78 is 5.58. The Labute approximate surface area is 194 Å². The third kappa shape index (κ3) is 6.31. The Hall–Kier alpha value is -3.42. The van der Waals surface area contributed by atoms with Crippen molar-refractivity contribution in [3.8, 4) is 11.1 Å². The van der Waals surface area contributed by atoms with Gasteiger partial charge in [-0.05, 0) is 68.5 Å². The largest absolute Gasteiger partial charge is 0.444 e. The minimum atomic E-state index is -0.572. The Bertz CT molecular complexity index is 1150. The summed E-state index contributed by atoms with van der Waals surface area (Å²) in [5.41, 5.74) is 3.00. The molecule has 1 unspecified atom stereocenters.